The SMILES string of the molecule is CNCC(=O)O[C@H]1CCN(c2c(-c3ccccc3)c(C)c(C#N)c3nc4ccccc4n23)C1. The first-order valence-electron chi connectivity index (χ1n) is 11.1. The van der Waals surface area contributed by atoms with Crippen LogP contribution in [0.15, 0.2) is 54.6 Å². The maximum atomic E-state index is 12.1. The molecule has 0 unspecified atom stereocenters. The summed E-state index contributed by atoms with van der Waals surface area (Å²) in [6.45, 7) is 3.51. The Morgan fingerprint density at radius 2 is 1.97 bits per heavy atom. The van der Waals surface area contributed by atoms with Gasteiger partial charge in [-0.15, -0.1) is 0 Å². The van der Waals surface area contributed by atoms with Crippen LogP contribution in [0.2, 0.25) is 0 Å². The molecule has 3 heterocycles. The number of nitriles is 1. The summed E-state index contributed by atoms with van der Waals surface area (Å²) in [5, 5.41) is 12.9. The molecule has 1 saturated heterocycles. The number of benzene rings is 2. The molecule has 2 aromatic carbocycles. The molecule has 0 spiro atoms. The number of rotatable bonds is 5. The number of nitrogens with one attached hydrogen (secondary N) is 1. The van der Waals surface area contributed by atoms with Gasteiger partial charge in [0, 0.05) is 18.5 Å². The predicted molar refractivity (Wildman–Crippen MR) is 128 cm³/mol. The summed E-state index contributed by atoms with van der Waals surface area (Å²) < 4.78 is 7.78. The van der Waals surface area contributed by atoms with E-state index in [-0.39, 0.29) is 18.6 Å². The average molecular weight is 440 g/mol. The number of hydrogen-bond donors (Lipinski definition) is 1. The van der Waals surface area contributed by atoms with Gasteiger partial charge in [0.15, 0.2) is 5.65 Å². The second kappa shape index (κ2) is 8.57. The summed E-state index contributed by atoms with van der Waals surface area (Å²) in [6.07, 6.45) is 0.562. The van der Waals surface area contributed by atoms with Gasteiger partial charge in [-0.2, -0.15) is 5.26 Å². The highest BCUT2D eigenvalue weighted by molar-refractivity contribution is 5.92. The van der Waals surface area contributed by atoms with Gasteiger partial charge in [0.2, 0.25) is 0 Å². The summed E-state index contributed by atoms with van der Waals surface area (Å²) in [7, 11) is 1.73. The Balaban J connectivity index is 1.75. The van der Waals surface area contributed by atoms with E-state index in [2.05, 4.69) is 32.8 Å². The minimum Gasteiger partial charge on any atom is -0.459 e. The van der Waals surface area contributed by atoms with E-state index in [0.717, 1.165) is 46.5 Å². The van der Waals surface area contributed by atoms with Crippen molar-refractivity contribution in [3.63, 3.8) is 0 Å². The summed E-state index contributed by atoms with van der Waals surface area (Å²) in [5.41, 5.74) is 5.97. The largest absolute Gasteiger partial charge is 0.459 e. The van der Waals surface area contributed by atoms with Crippen LogP contribution in [0.5, 0.6) is 0 Å². The number of carbonyl (C=O) groups is 1. The molecule has 5 rings (SSSR count). The Hall–Kier alpha value is -3.89. The molecule has 0 saturated carbocycles. The van der Waals surface area contributed by atoms with Crippen molar-refractivity contribution in [2.45, 2.75) is 19.4 Å². The Labute approximate surface area is 192 Å². The van der Waals surface area contributed by atoms with E-state index >= 15 is 0 Å². The molecule has 1 atom stereocenters. The maximum absolute atomic E-state index is 12.1. The Kier molecular flexibility index (Phi) is 5.45. The molecule has 4 aromatic rings. The topological polar surface area (TPSA) is 82.7 Å². The second-order valence-corrected chi connectivity index (χ2v) is 8.31. The third-order valence-electron chi connectivity index (χ3n) is 6.21. The van der Waals surface area contributed by atoms with Crippen LogP contribution in [0.3, 0.4) is 0 Å². The number of nitrogens with zero attached hydrogens (tertiary/aromatic N) is 4. The van der Waals surface area contributed by atoms with Gasteiger partial charge in [0.05, 0.1) is 29.7 Å². The lowest BCUT2D eigenvalue weighted by atomic mass is 9.97. The van der Waals surface area contributed by atoms with Crippen LogP contribution in [0.1, 0.15) is 17.5 Å². The fourth-order valence-electron chi connectivity index (χ4n) is 4.75. The lowest BCUT2D eigenvalue weighted by molar-refractivity contribution is -0.146. The van der Waals surface area contributed by atoms with Gasteiger partial charge in [0.25, 0.3) is 0 Å². The van der Waals surface area contributed by atoms with Gasteiger partial charge in [0.1, 0.15) is 18.0 Å². The van der Waals surface area contributed by atoms with Crippen LogP contribution < -0.4 is 10.2 Å². The van der Waals surface area contributed by atoms with Gasteiger partial charge >= 0.3 is 5.97 Å². The highest BCUT2D eigenvalue weighted by atomic mass is 16.5. The average Bonchev–Trinajstić information content (AvgIpc) is 3.43. The molecule has 1 aliphatic heterocycles. The first-order chi connectivity index (χ1) is 16.1. The van der Waals surface area contributed by atoms with Gasteiger partial charge in [-0.05, 0) is 37.2 Å². The normalized spacial score (nSPS) is 15.8. The molecule has 33 heavy (non-hydrogen) atoms. The molecule has 1 aliphatic rings. The summed E-state index contributed by atoms with van der Waals surface area (Å²) >= 11 is 0. The minimum atomic E-state index is -0.248. The van der Waals surface area contributed by atoms with E-state index in [9.17, 15) is 10.1 Å². The minimum absolute atomic E-state index is 0.185. The van der Waals surface area contributed by atoms with Crippen molar-refractivity contribution in [1.29, 1.82) is 5.26 Å². The molecule has 0 radical (unpaired) electrons. The molecular formula is C26H25N5O2. The van der Waals surface area contributed by atoms with Crippen LogP contribution in [0.4, 0.5) is 5.82 Å². The highest BCUT2D eigenvalue weighted by Crippen LogP contribution is 2.40. The number of carbonyl (C=O) groups excluding carboxylic acids is 1. The van der Waals surface area contributed by atoms with E-state index < -0.39 is 0 Å². The van der Waals surface area contributed by atoms with Crippen LogP contribution in [0, 0.1) is 18.3 Å². The van der Waals surface area contributed by atoms with Crippen molar-refractivity contribution in [2.75, 3.05) is 31.6 Å². The number of hydrogen-bond acceptors (Lipinski definition) is 6. The monoisotopic (exact) mass is 439 g/mol. The molecular weight excluding hydrogens is 414 g/mol. The lowest BCUT2D eigenvalue weighted by Crippen LogP contribution is -2.30. The molecule has 0 aliphatic carbocycles. The summed E-state index contributed by atoms with van der Waals surface area (Å²) in [6, 6.07) is 20.5. The Morgan fingerprint density at radius 1 is 1.21 bits per heavy atom. The van der Waals surface area contributed by atoms with Crippen LogP contribution in [-0.4, -0.2) is 48.1 Å². The quantitative estimate of drug-likeness (QED) is 0.478. The van der Waals surface area contributed by atoms with E-state index in [1.54, 1.807) is 7.05 Å². The zero-order valence-corrected chi connectivity index (χ0v) is 18.7. The number of fused-ring (bicyclic) bond motifs is 3. The molecule has 7 heteroatoms. The zero-order chi connectivity index (χ0) is 22.9. The molecule has 1 N–H and O–H groups in total. The first-order valence-corrected chi connectivity index (χ1v) is 11.1. The van der Waals surface area contributed by atoms with E-state index in [0.29, 0.717) is 17.8 Å². The number of esters is 1. The maximum Gasteiger partial charge on any atom is 0.320 e. The molecule has 2 aromatic heterocycles. The second-order valence-electron chi connectivity index (χ2n) is 8.31. The number of pyridine rings is 1. The smallest absolute Gasteiger partial charge is 0.320 e. The molecule has 1 fully saturated rings. The fourth-order valence-corrected chi connectivity index (χ4v) is 4.75. The number of likely N-dealkylation sites (N-methyl/N-ethyl adjacent to an activating group) is 1. The standard InChI is InChI=1S/C26H25N5O2/c1-17-20(14-27)25-29-21-10-6-7-11-22(21)31(25)26(24(17)18-8-4-3-5-9-18)30-13-12-19(16-30)33-23(32)15-28-2/h3-11,19,28H,12-13,15-16H2,1-2H3/t19-/m0/s1. The Bertz CT molecular complexity index is 1390. The number of anilines is 1. The van der Waals surface area contributed by atoms with Crippen molar-refractivity contribution in [3.8, 4) is 17.2 Å². The first kappa shape index (κ1) is 21.0. The molecule has 166 valence electrons. The third-order valence-corrected chi connectivity index (χ3v) is 6.21. The number of para-hydroxylation sites is 2. The van der Waals surface area contributed by atoms with E-state index in [1.165, 1.54) is 0 Å². The predicted octanol–water partition coefficient (Wildman–Crippen LogP) is 3.68. The van der Waals surface area contributed by atoms with Crippen LogP contribution in [-0.2, 0) is 9.53 Å². The van der Waals surface area contributed by atoms with Gasteiger partial charge in [-0.3, -0.25) is 9.20 Å². The van der Waals surface area contributed by atoms with Crippen molar-refractivity contribution in [2.24, 2.45) is 0 Å². The molecule has 0 amide bonds. The van der Waals surface area contributed by atoms with Crippen LogP contribution >= 0.6 is 0 Å². The molecule has 0 bridgehead atoms. The Morgan fingerprint density at radius 3 is 2.73 bits per heavy atom. The van der Waals surface area contributed by atoms with E-state index in [1.807, 2.05) is 49.4 Å². The van der Waals surface area contributed by atoms with E-state index in [4.69, 9.17) is 9.72 Å². The van der Waals surface area contributed by atoms with Gasteiger partial charge in [-0.25, -0.2) is 4.98 Å². The van der Waals surface area contributed by atoms with Crippen molar-refractivity contribution in [3.05, 3.63) is 65.7 Å². The lowest BCUT2D eigenvalue weighted by Gasteiger charge is -2.26. The van der Waals surface area contributed by atoms with Crippen molar-refractivity contribution >= 4 is 28.5 Å². The number of imidazole rings is 1. The fraction of sp³-hybridized carbons (Fsp3) is 0.269. The van der Waals surface area contributed by atoms with Crippen LogP contribution in [0.25, 0.3) is 27.8 Å². The van der Waals surface area contributed by atoms with Gasteiger partial charge in [-0.1, -0.05) is 42.5 Å². The molecule has 7 nitrogen and oxygen atoms in total. The van der Waals surface area contributed by atoms with Crippen molar-refractivity contribution in [1.82, 2.24) is 14.7 Å². The van der Waals surface area contributed by atoms with Gasteiger partial charge < -0.3 is 15.0 Å². The number of aromatic nitrogens is 2. The summed E-state index contributed by atoms with van der Waals surface area (Å²) in [4.78, 5) is 19.1. The third kappa shape index (κ3) is 3.59. The zero-order valence-electron chi connectivity index (χ0n) is 18.7. The summed E-state index contributed by atoms with van der Waals surface area (Å²) in [5.74, 6) is 0.732. The highest BCUT2D eigenvalue weighted by Gasteiger charge is 2.31. The van der Waals surface area contributed by atoms with Crippen molar-refractivity contribution < 1.29 is 9.53 Å². The number of ether oxygens (including phenoxy) is 1.